The van der Waals surface area contributed by atoms with E-state index in [4.69, 9.17) is 0 Å². The lowest BCUT2D eigenvalue weighted by Gasteiger charge is -2.16. The minimum Gasteiger partial charge on any atom is -0.348 e. The number of nitrogens with one attached hydrogen (secondary N) is 1. The maximum atomic E-state index is 13.1. The summed E-state index contributed by atoms with van der Waals surface area (Å²) in [7, 11) is 0. The first kappa shape index (κ1) is 10.3. The third-order valence-electron chi connectivity index (χ3n) is 2.71. The molecular weight excluding hydrogens is 235 g/mol. The van der Waals surface area contributed by atoms with Crippen molar-refractivity contribution in [2.24, 2.45) is 0 Å². The number of fused-ring (bicyclic) bond motifs is 1. The molecule has 1 aliphatic heterocycles. The van der Waals surface area contributed by atoms with Crippen molar-refractivity contribution in [3.05, 3.63) is 12.4 Å². The highest BCUT2D eigenvalue weighted by Crippen LogP contribution is 2.32. The van der Waals surface area contributed by atoms with Crippen molar-refractivity contribution >= 4 is 17.0 Å². The summed E-state index contributed by atoms with van der Waals surface area (Å²) in [6.07, 6.45) is 0.111. The molecule has 1 fully saturated rings. The zero-order valence-electron chi connectivity index (χ0n) is 8.62. The van der Waals surface area contributed by atoms with E-state index in [9.17, 15) is 13.2 Å². The van der Waals surface area contributed by atoms with Crippen molar-refractivity contribution < 1.29 is 13.2 Å². The molecule has 0 radical (unpaired) electrons. The number of hydrogen-bond donors (Lipinski definition) is 1. The second-order valence-electron chi connectivity index (χ2n) is 3.94. The molecule has 5 nitrogen and oxygen atoms in total. The molecule has 1 aliphatic rings. The van der Waals surface area contributed by atoms with Gasteiger partial charge in [-0.25, -0.2) is 13.8 Å². The second kappa shape index (κ2) is 3.31. The van der Waals surface area contributed by atoms with Crippen molar-refractivity contribution in [3.8, 4) is 0 Å². The average molecular weight is 243 g/mol. The number of nitrogens with zero attached hydrogens (tertiary/aromatic N) is 4. The summed E-state index contributed by atoms with van der Waals surface area (Å²) in [4.78, 5) is 14.9. The van der Waals surface area contributed by atoms with Gasteiger partial charge in [0, 0.05) is 13.0 Å². The van der Waals surface area contributed by atoms with E-state index in [-0.39, 0.29) is 24.4 Å². The summed E-state index contributed by atoms with van der Waals surface area (Å²) >= 11 is 0. The number of aromatic amines is 1. The number of H-pyrrole nitrogens is 1. The SMILES string of the molecule is Fc1nc(N2CCC(F)(F)C2)c2[nH]cnc2n1. The van der Waals surface area contributed by atoms with Crippen LogP contribution in [0, 0.1) is 6.08 Å². The Morgan fingerprint density at radius 1 is 1.35 bits per heavy atom. The summed E-state index contributed by atoms with van der Waals surface area (Å²) in [5.74, 6) is -2.62. The molecule has 0 bridgehead atoms. The second-order valence-corrected chi connectivity index (χ2v) is 3.94. The predicted molar refractivity (Wildman–Crippen MR) is 53.4 cm³/mol. The predicted octanol–water partition coefficient (Wildman–Crippen LogP) is 1.34. The third kappa shape index (κ3) is 1.69. The summed E-state index contributed by atoms with van der Waals surface area (Å²) in [5.41, 5.74) is 0.520. The van der Waals surface area contributed by atoms with Crippen molar-refractivity contribution in [2.75, 3.05) is 18.0 Å². The lowest BCUT2D eigenvalue weighted by atomic mass is 10.3. The minimum absolute atomic E-state index is 0.136. The first-order valence-corrected chi connectivity index (χ1v) is 5.05. The summed E-state index contributed by atoms with van der Waals surface area (Å²) in [6, 6.07) is 0. The molecule has 0 aromatic carbocycles. The van der Waals surface area contributed by atoms with Crippen molar-refractivity contribution in [1.29, 1.82) is 0 Å². The van der Waals surface area contributed by atoms with E-state index in [1.165, 1.54) is 11.2 Å². The van der Waals surface area contributed by atoms with Gasteiger partial charge in [-0.15, -0.1) is 0 Å². The van der Waals surface area contributed by atoms with Crippen molar-refractivity contribution in [3.63, 3.8) is 0 Å². The van der Waals surface area contributed by atoms with Crippen LogP contribution in [-0.4, -0.2) is 38.9 Å². The molecule has 0 aliphatic carbocycles. The van der Waals surface area contributed by atoms with Crippen LogP contribution in [0.1, 0.15) is 6.42 Å². The zero-order chi connectivity index (χ0) is 12.0. The Labute approximate surface area is 93.7 Å². The molecular formula is C9H8F3N5. The molecule has 0 saturated carbocycles. The first-order valence-electron chi connectivity index (χ1n) is 5.05. The topological polar surface area (TPSA) is 57.7 Å². The molecule has 0 spiro atoms. The van der Waals surface area contributed by atoms with Crippen LogP contribution in [0.4, 0.5) is 19.0 Å². The van der Waals surface area contributed by atoms with E-state index in [0.29, 0.717) is 5.52 Å². The Morgan fingerprint density at radius 3 is 2.88 bits per heavy atom. The molecule has 0 amide bonds. The van der Waals surface area contributed by atoms with Gasteiger partial charge in [-0.1, -0.05) is 0 Å². The van der Waals surface area contributed by atoms with Crippen LogP contribution in [0.25, 0.3) is 11.2 Å². The van der Waals surface area contributed by atoms with Gasteiger partial charge in [-0.2, -0.15) is 14.4 Å². The molecule has 0 atom stereocenters. The summed E-state index contributed by atoms with van der Waals surface area (Å²) < 4.78 is 39.3. The quantitative estimate of drug-likeness (QED) is 0.768. The standard InChI is InChI=1S/C9H8F3N5/c10-8-15-6-5(13-4-14-6)7(16-8)17-2-1-9(11,12)3-17/h4H,1-3H2,(H,13,14,15,16). The molecule has 8 heteroatoms. The highest BCUT2D eigenvalue weighted by molar-refractivity contribution is 5.82. The zero-order valence-corrected chi connectivity index (χ0v) is 8.62. The average Bonchev–Trinajstić information content (AvgIpc) is 2.82. The van der Waals surface area contributed by atoms with Gasteiger partial charge in [0.15, 0.2) is 11.5 Å². The van der Waals surface area contributed by atoms with Gasteiger partial charge in [-0.05, 0) is 0 Å². The van der Waals surface area contributed by atoms with Gasteiger partial charge in [-0.3, -0.25) is 0 Å². The largest absolute Gasteiger partial charge is 0.348 e. The minimum atomic E-state index is -2.76. The van der Waals surface area contributed by atoms with Crippen LogP contribution in [0.15, 0.2) is 6.33 Å². The van der Waals surface area contributed by atoms with Crippen molar-refractivity contribution in [1.82, 2.24) is 19.9 Å². The fourth-order valence-electron chi connectivity index (χ4n) is 1.94. The van der Waals surface area contributed by atoms with Crippen LogP contribution in [-0.2, 0) is 0 Å². The maximum Gasteiger partial charge on any atom is 0.312 e. The van der Waals surface area contributed by atoms with Crippen molar-refractivity contribution in [2.45, 2.75) is 12.3 Å². The summed E-state index contributed by atoms with van der Waals surface area (Å²) in [5, 5.41) is 0. The molecule has 0 unspecified atom stereocenters. The lowest BCUT2D eigenvalue weighted by Crippen LogP contribution is -2.26. The van der Waals surface area contributed by atoms with E-state index in [1.807, 2.05) is 0 Å². The van der Waals surface area contributed by atoms with Crippen LogP contribution in [0.3, 0.4) is 0 Å². The van der Waals surface area contributed by atoms with E-state index in [1.54, 1.807) is 0 Å². The number of alkyl halides is 2. The number of rotatable bonds is 1. The van der Waals surface area contributed by atoms with Crippen LogP contribution >= 0.6 is 0 Å². The molecule has 2 aromatic rings. The van der Waals surface area contributed by atoms with Gasteiger partial charge in [0.25, 0.3) is 5.92 Å². The van der Waals surface area contributed by atoms with E-state index >= 15 is 0 Å². The molecule has 1 saturated heterocycles. The molecule has 3 rings (SSSR count). The third-order valence-corrected chi connectivity index (χ3v) is 2.71. The monoisotopic (exact) mass is 243 g/mol. The van der Waals surface area contributed by atoms with Gasteiger partial charge >= 0.3 is 6.08 Å². The number of imidazole rings is 1. The summed E-state index contributed by atoms with van der Waals surface area (Å²) in [6.45, 7) is -0.324. The Hall–Kier alpha value is -1.86. The van der Waals surface area contributed by atoms with Gasteiger partial charge in [0.05, 0.1) is 12.9 Å². The van der Waals surface area contributed by atoms with E-state index in [0.717, 1.165) is 0 Å². The van der Waals surface area contributed by atoms with Crippen LogP contribution < -0.4 is 4.90 Å². The van der Waals surface area contributed by atoms with Crippen LogP contribution in [0.5, 0.6) is 0 Å². The highest BCUT2D eigenvalue weighted by Gasteiger charge is 2.39. The Morgan fingerprint density at radius 2 is 2.18 bits per heavy atom. The highest BCUT2D eigenvalue weighted by atomic mass is 19.3. The Kier molecular flexibility index (Phi) is 2.01. The molecule has 2 aromatic heterocycles. The number of hydrogen-bond acceptors (Lipinski definition) is 4. The molecule has 3 heterocycles. The van der Waals surface area contributed by atoms with E-state index < -0.39 is 18.5 Å². The van der Waals surface area contributed by atoms with Gasteiger partial charge in [0.1, 0.15) is 5.52 Å². The fourth-order valence-corrected chi connectivity index (χ4v) is 1.94. The number of halogens is 3. The van der Waals surface area contributed by atoms with Gasteiger partial charge < -0.3 is 9.88 Å². The molecule has 90 valence electrons. The van der Waals surface area contributed by atoms with Crippen LogP contribution in [0.2, 0.25) is 0 Å². The number of aromatic nitrogens is 4. The first-order chi connectivity index (χ1) is 8.05. The lowest BCUT2D eigenvalue weighted by molar-refractivity contribution is 0.0257. The Bertz CT molecular complexity index is 567. The van der Waals surface area contributed by atoms with Gasteiger partial charge in [0.2, 0.25) is 0 Å². The molecule has 1 N–H and O–H groups in total. The van der Waals surface area contributed by atoms with E-state index in [2.05, 4.69) is 19.9 Å². The number of anilines is 1. The molecule has 17 heavy (non-hydrogen) atoms. The fraction of sp³-hybridized carbons (Fsp3) is 0.444. The normalized spacial score (nSPS) is 19.1. The smallest absolute Gasteiger partial charge is 0.312 e. The maximum absolute atomic E-state index is 13.1. The Balaban J connectivity index is 2.08.